The minimum atomic E-state index is -0.302. The first kappa shape index (κ1) is 45.3. The van der Waals surface area contributed by atoms with E-state index in [-0.39, 0.29) is 21.7 Å². The van der Waals surface area contributed by atoms with Crippen LogP contribution in [0.4, 0.5) is 11.4 Å². The van der Waals surface area contributed by atoms with Gasteiger partial charge in [0.15, 0.2) is 0 Å². The van der Waals surface area contributed by atoms with Crippen LogP contribution in [0.3, 0.4) is 0 Å². The molecule has 5 aromatic rings. The highest BCUT2D eigenvalue weighted by atomic mass is 15.2. The standard InChI is InChI=1S/C64H72N2/c1-47-25-11-13-29-53(47)61(5,49(3)27-23-35-59-63(41-19-9-20-42-63)55-31-15-17-33-57(55)65(59)7)45-51-37-39-52(40-38-51)46-62(6,54-30-14-12-26-48(54)2)50(4)28-24-36-60-64(43-21-10-22-44-64)56-32-16-18-34-58(56)66(60)8/h11-18,23-40H,3-4,9-10,19-22,41-46H2,1-2,5-8H3/b27-23+,28-24+,59-35+,60-36+. The first-order valence-corrected chi connectivity index (χ1v) is 24.9. The maximum atomic E-state index is 4.83. The molecule has 66 heavy (non-hydrogen) atoms. The summed E-state index contributed by atoms with van der Waals surface area (Å²) in [4.78, 5) is 4.90. The number of likely N-dealkylation sites (N-methyl/N-ethyl adjacent to an activating group) is 2. The molecule has 5 aromatic carbocycles. The SMILES string of the molecule is C=C(/C=C/C=C1/N(C)c2ccccc2C12CCCCC2)C(C)(Cc1ccc(CC(C)(C(=C)/C=C/C=C2/N(C)c3ccccc3C23CCCCC3)c2ccccc2C)cc1)c1ccccc1C. The van der Waals surface area contributed by atoms with Crippen LogP contribution < -0.4 is 9.80 Å². The Morgan fingerprint density at radius 3 is 1.23 bits per heavy atom. The fourth-order valence-corrected chi connectivity index (χ4v) is 13.0. The quantitative estimate of drug-likeness (QED) is 0.115. The van der Waals surface area contributed by atoms with Gasteiger partial charge >= 0.3 is 0 Å². The summed E-state index contributed by atoms with van der Waals surface area (Å²) in [5.41, 5.74) is 18.3. The molecule has 2 unspecified atom stereocenters. The molecule has 338 valence electrons. The number of aryl methyl sites for hydroxylation is 2. The lowest BCUT2D eigenvalue weighted by Gasteiger charge is -2.36. The average Bonchev–Trinajstić information content (AvgIpc) is 3.69. The molecule has 0 saturated heterocycles. The lowest BCUT2D eigenvalue weighted by molar-refractivity contribution is 0.347. The normalized spacial score (nSPS) is 20.6. The second kappa shape index (κ2) is 18.4. The number of rotatable bonds is 12. The Labute approximate surface area is 397 Å². The molecule has 9 rings (SSSR count). The molecule has 0 radical (unpaired) electrons. The Balaban J connectivity index is 0.980. The van der Waals surface area contributed by atoms with Crippen molar-refractivity contribution in [3.8, 4) is 0 Å². The van der Waals surface area contributed by atoms with Gasteiger partial charge in [-0.3, -0.25) is 0 Å². The van der Waals surface area contributed by atoms with Crippen molar-refractivity contribution < 1.29 is 0 Å². The number of fused-ring (bicyclic) bond motifs is 4. The molecular weight excluding hydrogens is 797 g/mol. The Kier molecular flexibility index (Phi) is 12.7. The average molecular weight is 869 g/mol. The van der Waals surface area contributed by atoms with Crippen LogP contribution in [0.1, 0.15) is 123 Å². The summed E-state index contributed by atoms with van der Waals surface area (Å²) in [5.74, 6) is 0. The largest absolute Gasteiger partial charge is 0.347 e. The molecule has 0 aromatic heterocycles. The molecular formula is C64H72N2. The van der Waals surface area contributed by atoms with Crippen LogP contribution in [0, 0.1) is 13.8 Å². The van der Waals surface area contributed by atoms with Gasteiger partial charge in [-0.2, -0.15) is 0 Å². The van der Waals surface area contributed by atoms with Gasteiger partial charge in [-0.25, -0.2) is 0 Å². The van der Waals surface area contributed by atoms with Gasteiger partial charge in [-0.15, -0.1) is 0 Å². The van der Waals surface area contributed by atoms with Crippen LogP contribution in [0.2, 0.25) is 0 Å². The van der Waals surface area contributed by atoms with Gasteiger partial charge in [0.1, 0.15) is 0 Å². The molecule has 0 N–H and O–H groups in total. The predicted octanol–water partition coefficient (Wildman–Crippen LogP) is 16.0. The monoisotopic (exact) mass is 869 g/mol. The van der Waals surface area contributed by atoms with Gasteiger partial charge in [0, 0.05) is 58.5 Å². The number of hydrogen-bond acceptors (Lipinski definition) is 2. The second-order valence-electron chi connectivity index (χ2n) is 20.8. The zero-order valence-corrected chi connectivity index (χ0v) is 40.8. The lowest BCUT2D eigenvalue weighted by atomic mass is 9.68. The summed E-state index contributed by atoms with van der Waals surface area (Å²) in [6, 6.07) is 45.4. The van der Waals surface area contributed by atoms with E-state index < -0.39 is 0 Å². The Morgan fingerprint density at radius 2 is 0.848 bits per heavy atom. The maximum Gasteiger partial charge on any atom is 0.0448 e. The molecule has 4 aliphatic rings. The fourth-order valence-electron chi connectivity index (χ4n) is 13.0. The molecule has 2 aliphatic carbocycles. The number of hydrogen-bond donors (Lipinski definition) is 0. The number of benzene rings is 5. The van der Waals surface area contributed by atoms with Crippen molar-refractivity contribution >= 4 is 11.4 Å². The summed E-state index contributed by atoms with van der Waals surface area (Å²) < 4.78 is 0. The van der Waals surface area contributed by atoms with Gasteiger partial charge in [0.25, 0.3) is 0 Å². The van der Waals surface area contributed by atoms with E-state index in [2.05, 4.69) is 209 Å². The van der Waals surface area contributed by atoms with Crippen LogP contribution >= 0.6 is 0 Å². The molecule has 2 nitrogen and oxygen atoms in total. The summed E-state index contributed by atoms with van der Waals surface area (Å²) in [6.07, 6.45) is 28.3. The summed E-state index contributed by atoms with van der Waals surface area (Å²) in [7, 11) is 4.51. The van der Waals surface area contributed by atoms with E-state index in [1.54, 1.807) is 0 Å². The van der Waals surface area contributed by atoms with Crippen molar-refractivity contribution in [2.24, 2.45) is 0 Å². The number of anilines is 2. The van der Waals surface area contributed by atoms with Crippen molar-refractivity contribution in [1.82, 2.24) is 0 Å². The lowest BCUT2D eigenvalue weighted by Crippen LogP contribution is -2.31. The minimum absolute atomic E-state index is 0.101. The van der Waals surface area contributed by atoms with Crippen LogP contribution in [-0.4, -0.2) is 14.1 Å². The second-order valence-corrected chi connectivity index (χ2v) is 20.8. The first-order chi connectivity index (χ1) is 31.9. The van der Waals surface area contributed by atoms with E-state index in [9.17, 15) is 0 Å². The molecule has 2 fully saturated rings. The zero-order chi connectivity index (χ0) is 46.1. The number of nitrogens with zero attached hydrogens (tertiary/aromatic N) is 2. The maximum absolute atomic E-state index is 4.83. The molecule has 2 aliphatic heterocycles. The van der Waals surface area contributed by atoms with Gasteiger partial charge in [-0.1, -0.05) is 199 Å². The Morgan fingerprint density at radius 1 is 0.500 bits per heavy atom. The van der Waals surface area contributed by atoms with Crippen LogP contribution in [-0.2, 0) is 34.5 Å². The zero-order valence-electron chi connectivity index (χ0n) is 40.8. The van der Waals surface area contributed by atoms with E-state index in [0.717, 1.165) is 24.0 Å². The topological polar surface area (TPSA) is 6.48 Å². The number of allylic oxidation sites excluding steroid dienone is 10. The van der Waals surface area contributed by atoms with Gasteiger partial charge in [-0.05, 0) is 132 Å². The molecule has 2 spiro atoms. The first-order valence-electron chi connectivity index (χ1n) is 24.9. The van der Waals surface area contributed by atoms with Crippen LogP contribution in [0.5, 0.6) is 0 Å². The molecule has 2 atom stereocenters. The van der Waals surface area contributed by atoms with Crippen molar-refractivity contribution in [2.45, 2.75) is 126 Å². The smallest absolute Gasteiger partial charge is 0.0448 e. The van der Waals surface area contributed by atoms with Gasteiger partial charge in [0.2, 0.25) is 0 Å². The van der Waals surface area contributed by atoms with Crippen molar-refractivity contribution in [3.63, 3.8) is 0 Å². The van der Waals surface area contributed by atoms with E-state index in [1.165, 1.54) is 131 Å². The minimum Gasteiger partial charge on any atom is -0.347 e. The van der Waals surface area contributed by atoms with Gasteiger partial charge < -0.3 is 9.80 Å². The summed E-state index contributed by atoms with van der Waals surface area (Å²) in [6.45, 7) is 18.9. The highest BCUT2D eigenvalue weighted by Gasteiger charge is 2.47. The molecule has 0 bridgehead atoms. The van der Waals surface area contributed by atoms with E-state index in [4.69, 9.17) is 13.2 Å². The Bertz CT molecular complexity index is 2540. The third kappa shape index (κ3) is 7.99. The fraction of sp³-hybridized carbons (Fsp3) is 0.344. The molecule has 0 amide bonds. The van der Waals surface area contributed by atoms with E-state index in [1.807, 2.05) is 0 Å². The Hall–Kier alpha value is -5.86. The van der Waals surface area contributed by atoms with Crippen LogP contribution in [0.25, 0.3) is 0 Å². The van der Waals surface area contributed by atoms with Crippen molar-refractivity contribution in [1.29, 1.82) is 0 Å². The third-order valence-corrected chi connectivity index (χ3v) is 16.8. The van der Waals surface area contributed by atoms with E-state index >= 15 is 0 Å². The number of para-hydroxylation sites is 2. The summed E-state index contributed by atoms with van der Waals surface area (Å²) in [5, 5.41) is 0. The van der Waals surface area contributed by atoms with E-state index in [0.29, 0.717) is 0 Å². The van der Waals surface area contributed by atoms with Gasteiger partial charge in [0.05, 0.1) is 0 Å². The summed E-state index contributed by atoms with van der Waals surface area (Å²) >= 11 is 0. The molecule has 2 saturated carbocycles. The third-order valence-electron chi connectivity index (χ3n) is 16.8. The van der Waals surface area contributed by atoms with Crippen molar-refractivity contribution in [3.05, 3.63) is 238 Å². The van der Waals surface area contributed by atoms with Crippen LogP contribution in [0.15, 0.2) is 193 Å². The highest BCUT2D eigenvalue weighted by Crippen LogP contribution is 2.56. The molecule has 2 heterocycles. The van der Waals surface area contributed by atoms with Crippen molar-refractivity contribution in [2.75, 3.05) is 23.9 Å². The molecule has 2 heteroatoms. The highest BCUT2D eigenvalue weighted by molar-refractivity contribution is 5.72. The predicted molar refractivity (Wildman–Crippen MR) is 283 cm³/mol.